The summed E-state index contributed by atoms with van der Waals surface area (Å²) in [6.07, 6.45) is 1.47. The molecule has 9 nitrogen and oxygen atoms in total. The smallest absolute Gasteiger partial charge is 0.338 e. The second-order valence-electron chi connectivity index (χ2n) is 7.48. The van der Waals surface area contributed by atoms with E-state index in [9.17, 15) is 14.4 Å². The second-order valence-corrected chi connectivity index (χ2v) is 7.89. The van der Waals surface area contributed by atoms with Crippen molar-refractivity contribution < 1.29 is 23.5 Å². The minimum Gasteiger partial charge on any atom is -0.466 e. The quantitative estimate of drug-likeness (QED) is 0.665. The van der Waals surface area contributed by atoms with E-state index in [1.807, 2.05) is 0 Å². The SMILES string of the molecule is COC(=O)C1=C(CN2CCN(C(=O)c3ccco3)CC2)NC(=O)N[C@H]1c1ccccc1Cl. The number of piperazine rings is 1. The summed E-state index contributed by atoms with van der Waals surface area (Å²) in [5.74, 6) is -0.399. The van der Waals surface area contributed by atoms with Gasteiger partial charge in [0.2, 0.25) is 0 Å². The van der Waals surface area contributed by atoms with Crippen LogP contribution in [0, 0.1) is 0 Å². The number of benzene rings is 1. The first-order valence-electron chi connectivity index (χ1n) is 10.2. The zero-order valence-corrected chi connectivity index (χ0v) is 18.2. The highest BCUT2D eigenvalue weighted by Crippen LogP contribution is 2.32. The maximum absolute atomic E-state index is 12.7. The van der Waals surface area contributed by atoms with Crippen LogP contribution in [0.4, 0.5) is 4.79 Å². The van der Waals surface area contributed by atoms with Crippen molar-refractivity contribution in [2.24, 2.45) is 0 Å². The molecule has 2 aromatic rings. The molecule has 0 spiro atoms. The van der Waals surface area contributed by atoms with Crippen molar-refractivity contribution in [1.82, 2.24) is 20.4 Å². The van der Waals surface area contributed by atoms with Gasteiger partial charge < -0.3 is 24.7 Å². The molecule has 3 heterocycles. The summed E-state index contributed by atoms with van der Waals surface area (Å²) in [6.45, 7) is 2.47. The number of hydrogen-bond acceptors (Lipinski definition) is 6. The number of urea groups is 1. The lowest BCUT2D eigenvalue weighted by atomic mass is 9.95. The van der Waals surface area contributed by atoms with Gasteiger partial charge in [-0.25, -0.2) is 9.59 Å². The molecule has 32 heavy (non-hydrogen) atoms. The van der Waals surface area contributed by atoms with E-state index >= 15 is 0 Å². The van der Waals surface area contributed by atoms with Crippen LogP contribution < -0.4 is 10.6 Å². The Labute approximate surface area is 189 Å². The van der Waals surface area contributed by atoms with E-state index in [1.165, 1.54) is 13.4 Å². The van der Waals surface area contributed by atoms with Crippen LogP contribution in [0.25, 0.3) is 0 Å². The van der Waals surface area contributed by atoms with Gasteiger partial charge in [-0.2, -0.15) is 0 Å². The van der Waals surface area contributed by atoms with E-state index in [0.29, 0.717) is 60.3 Å². The third-order valence-electron chi connectivity index (χ3n) is 5.55. The molecular weight excluding hydrogens is 436 g/mol. The Balaban J connectivity index is 1.54. The van der Waals surface area contributed by atoms with Crippen molar-refractivity contribution >= 4 is 29.5 Å². The Morgan fingerprint density at radius 2 is 1.91 bits per heavy atom. The number of halogens is 1. The summed E-state index contributed by atoms with van der Waals surface area (Å²) >= 11 is 6.34. The Hall–Kier alpha value is -3.30. The summed E-state index contributed by atoms with van der Waals surface area (Å²) in [5.41, 5.74) is 1.36. The first-order valence-corrected chi connectivity index (χ1v) is 10.5. The lowest BCUT2D eigenvalue weighted by Gasteiger charge is -2.36. The molecule has 2 aliphatic rings. The van der Waals surface area contributed by atoms with Crippen molar-refractivity contribution in [3.63, 3.8) is 0 Å². The molecule has 0 aliphatic carbocycles. The molecule has 3 amide bonds. The van der Waals surface area contributed by atoms with Crippen LogP contribution in [-0.2, 0) is 9.53 Å². The molecule has 1 aromatic carbocycles. The van der Waals surface area contributed by atoms with Crippen LogP contribution in [0.1, 0.15) is 22.2 Å². The van der Waals surface area contributed by atoms with Crippen LogP contribution >= 0.6 is 11.6 Å². The Kier molecular flexibility index (Phi) is 6.48. The number of methoxy groups -OCH3 is 1. The largest absolute Gasteiger partial charge is 0.466 e. The van der Waals surface area contributed by atoms with E-state index in [4.69, 9.17) is 20.8 Å². The fourth-order valence-electron chi connectivity index (χ4n) is 3.92. The first-order chi connectivity index (χ1) is 15.5. The standard InChI is InChI=1S/C22H23ClN4O5/c1-31-21(29)18-16(24-22(30)25-19(18)14-5-2-3-6-15(14)23)13-26-8-10-27(11-9-26)20(28)17-7-4-12-32-17/h2-7,12,19H,8-11,13H2,1H3,(H2,24,25,30)/t19-/m0/s1. The number of rotatable bonds is 5. The van der Waals surface area contributed by atoms with Crippen LogP contribution in [0.5, 0.6) is 0 Å². The fourth-order valence-corrected chi connectivity index (χ4v) is 4.17. The normalized spacial score (nSPS) is 19.4. The maximum atomic E-state index is 12.7. The average Bonchev–Trinajstić information content (AvgIpc) is 3.34. The van der Waals surface area contributed by atoms with Crippen molar-refractivity contribution in [3.8, 4) is 0 Å². The Morgan fingerprint density at radius 1 is 1.16 bits per heavy atom. The number of esters is 1. The number of furan rings is 1. The molecule has 0 saturated carbocycles. The molecule has 1 fully saturated rings. The van der Waals surface area contributed by atoms with E-state index in [2.05, 4.69) is 15.5 Å². The Morgan fingerprint density at radius 3 is 2.56 bits per heavy atom. The van der Waals surface area contributed by atoms with Crippen molar-refractivity contribution in [2.45, 2.75) is 6.04 Å². The van der Waals surface area contributed by atoms with Crippen molar-refractivity contribution in [2.75, 3.05) is 39.8 Å². The topological polar surface area (TPSA) is 104 Å². The van der Waals surface area contributed by atoms with E-state index in [-0.39, 0.29) is 5.91 Å². The molecule has 10 heteroatoms. The molecule has 1 aromatic heterocycles. The minimum atomic E-state index is -0.735. The molecule has 0 bridgehead atoms. The van der Waals surface area contributed by atoms with Crippen molar-refractivity contribution in [1.29, 1.82) is 0 Å². The molecule has 4 rings (SSSR count). The lowest BCUT2D eigenvalue weighted by molar-refractivity contribution is -0.136. The predicted octanol–water partition coefficient (Wildman–Crippen LogP) is 2.17. The first kappa shape index (κ1) is 21.9. The highest BCUT2D eigenvalue weighted by atomic mass is 35.5. The van der Waals surface area contributed by atoms with Gasteiger partial charge in [0.15, 0.2) is 5.76 Å². The van der Waals surface area contributed by atoms with Gasteiger partial charge in [0.1, 0.15) is 0 Å². The average molecular weight is 459 g/mol. The summed E-state index contributed by atoms with van der Waals surface area (Å²) in [5, 5.41) is 5.96. The monoisotopic (exact) mass is 458 g/mol. The predicted molar refractivity (Wildman–Crippen MR) is 116 cm³/mol. The van der Waals surface area contributed by atoms with Gasteiger partial charge in [0.05, 0.1) is 25.0 Å². The van der Waals surface area contributed by atoms with E-state index in [0.717, 1.165) is 0 Å². The summed E-state index contributed by atoms with van der Waals surface area (Å²) in [4.78, 5) is 41.4. The van der Waals surface area contributed by atoms with Crippen LogP contribution in [-0.4, -0.2) is 67.5 Å². The number of nitrogens with one attached hydrogen (secondary N) is 2. The third-order valence-corrected chi connectivity index (χ3v) is 5.89. The number of carbonyl (C=O) groups excluding carboxylic acids is 3. The van der Waals surface area contributed by atoms with Gasteiger partial charge >= 0.3 is 12.0 Å². The number of amides is 3. The fraction of sp³-hybridized carbons (Fsp3) is 0.318. The molecule has 2 aliphatic heterocycles. The third kappa shape index (κ3) is 4.49. The zero-order valence-electron chi connectivity index (χ0n) is 17.5. The van der Waals surface area contributed by atoms with E-state index < -0.39 is 18.0 Å². The number of hydrogen-bond donors (Lipinski definition) is 2. The van der Waals surface area contributed by atoms with Gasteiger partial charge in [0, 0.05) is 43.4 Å². The van der Waals surface area contributed by atoms with Gasteiger partial charge in [-0.05, 0) is 23.8 Å². The number of ether oxygens (including phenoxy) is 1. The molecular formula is C22H23ClN4O5. The van der Waals surface area contributed by atoms with Gasteiger partial charge in [-0.15, -0.1) is 0 Å². The molecule has 0 unspecified atom stereocenters. The lowest BCUT2D eigenvalue weighted by Crippen LogP contribution is -2.52. The van der Waals surface area contributed by atoms with Gasteiger partial charge in [-0.1, -0.05) is 29.8 Å². The van der Waals surface area contributed by atoms with Crippen LogP contribution in [0.3, 0.4) is 0 Å². The highest BCUT2D eigenvalue weighted by molar-refractivity contribution is 6.31. The van der Waals surface area contributed by atoms with E-state index in [1.54, 1.807) is 41.3 Å². The van der Waals surface area contributed by atoms with Crippen molar-refractivity contribution in [3.05, 3.63) is 70.3 Å². The highest BCUT2D eigenvalue weighted by Gasteiger charge is 2.35. The summed E-state index contributed by atoms with van der Waals surface area (Å²) in [6, 6.07) is 9.19. The van der Waals surface area contributed by atoms with Crippen LogP contribution in [0.15, 0.2) is 58.3 Å². The Bertz CT molecular complexity index is 1040. The van der Waals surface area contributed by atoms with Gasteiger partial charge in [-0.3, -0.25) is 9.69 Å². The van der Waals surface area contributed by atoms with Crippen LogP contribution in [0.2, 0.25) is 5.02 Å². The molecule has 1 saturated heterocycles. The molecule has 2 N–H and O–H groups in total. The molecule has 1 atom stereocenters. The molecule has 0 radical (unpaired) electrons. The molecule has 168 valence electrons. The number of carbonyl (C=O) groups is 3. The summed E-state index contributed by atoms with van der Waals surface area (Å²) in [7, 11) is 1.30. The number of nitrogens with zero attached hydrogens (tertiary/aromatic N) is 2. The maximum Gasteiger partial charge on any atom is 0.338 e. The van der Waals surface area contributed by atoms with Gasteiger partial charge in [0.25, 0.3) is 5.91 Å². The minimum absolute atomic E-state index is 0.155. The zero-order chi connectivity index (χ0) is 22.7. The summed E-state index contributed by atoms with van der Waals surface area (Å²) < 4.78 is 10.2. The second kappa shape index (κ2) is 9.46.